The molecular formula is C18H24O2. The van der Waals surface area contributed by atoms with Gasteiger partial charge < -0.3 is 10.2 Å². The second kappa shape index (κ2) is 5.51. The van der Waals surface area contributed by atoms with Crippen LogP contribution in [-0.2, 0) is 0 Å². The molecule has 0 aliphatic heterocycles. The van der Waals surface area contributed by atoms with Crippen LogP contribution in [-0.4, -0.2) is 10.2 Å². The van der Waals surface area contributed by atoms with Gasteiger partial charge in [0, 0.05) is 18.3 Å². The molecule has 0 amide bonds. The molecule has 0 aromatic rings. The summed E-state index contributed by atoms with van der Waals surface area (Å²) in [5, 5.41) is 19.2. The number of rotatable bonds is 2. The van der Waals surface area contributed by atoms with Gasteiger partial charge in [-0.25, -0.2) is 0 Å². The molecule has 0 saturated heterocycles. The lowest BCUT2D eigenvalue weighted by Gasteiger charge is -2.43. The van der Waals surface area contributed by atoms with Crippen molar-refractivity contribution in [3.05, 3.63) is 47.0 Å². The van der Waals surface area contributed by atoms with Crippen molar-refractivity contribution in [3.63, 3.8) is 0 Å². The van der Waals surface area contributed by atoms with Crippen LogP contribution < -0.4 is 0 Å². The first-order valence-electron chi connectivity index (χ1n) is 7.89. The molecule has 0 aromatic carbocycles. The largest absolute Gasteiger partial charge is 0.512 e. The van der Waals surface area contributed by atoms with E-state index in [0.717, 1.165) is 25.7 Å². The van der Waals surface area contributed by atoms with Crippen LogP contribution in [0.2, 0.25) is 0 Å². The van der Waals surface area contributed by atoms with Gasteiger partial charge in [0.05, 0.1) is 11.5 Å². The number of hydrogen-bond acceptors (Lipinski definition) is 2. The lowest BCUT2D eigenvalue weighted by atomic mass is 9.61. The Kier molecular flexibility index (Phi) is 3.73. The molecule has 0 aromatic heterocycles. The summed E-state index contributed by atoms with van der Waals surface area (Å²) in [5.41, 5.74) is 3.19. The third-order valence-electron chi connectivity index (χ3n) is 5.19. The molecule has 3 rings (SSSR count). The van der Waals surface area contributed by atoms with E-state index in [4.69, 9.17) is 0 Å². The van der Waals surface area contributed by atoms with E-state index in [0.29, 0.717) is 11.5 Å². The van der Waals surface area contributed by atoms with Crippen molar-refractivity contribution in [1.29, 1.82) is 0 Å². The van der Waals surface area contributed by atoms with Gasteiger partial charge in [-0.15, -0.1) is 0 Å². The maximum atomic E-state index is 9.61. The van der Waals surface area contributed by atoms with Gasteiger partial charge in [-0.05, 0) is 37.8 Å². The fourth-order valence-electron chi connectivity index (χ4n) is 4.05. The molecule has 3 aliphatic carbocycles. The Morgan fingerprint density at radius 3 is 1.55 bits per heavy atom. The van der Waals surface area contributed by atoms with Crippen LogP contribution in [0.15, 0.2) is 47.0 Å². The molecule has 0 atom stereocenters. The Morgan fingerprint density at radius 1 is 0.650 bits per heavy atom. The predicted molar refractivity (Wildman–Crippen MR) is 81.6 cm³/mol. The van der Waals surface area contributed by atoms with Gasteiger partial charge in [-0.1, -0.05) is 42.6 Å². The zero-order chi connectivity index (χ0) is 14.0. The van der Waals surface area contributed by atoms with E-state index in [2.05, 4.69) is 12.2 Å². The minimum atomic E-state index is 0.201. The highest BCUT2D eigenvalue weighted by Gasteiger charge is 2.39. The summed E-state index contributed by atoms with van der Waals surface area (Å²) in [6.45, 7) is 0. The molecule has 20 heavy (non-hydrogen) atoms. The first-order valence-corrected chi connectivity index (χ1v) is 7.89. The minimum absolute atomic E-state index is 0.201. The standard InChI is InChI=1S/C18H24O2/c19-16-8-4-14(5-9-16)18(12-2-1-3-13-18)15-6-10-17(20)11-7-15/h4,6,8,10,19-20H,1-3,5,7,9,11-13H2. The van der Waals surface area contributed by atoms with E-state index in [1.54, 1.807) is 0 Å². The molecule has 2 nitrogen and oxygen atoms in total. The lowest BCUT2D eigenvalue weighted by molar-refractivity contribution is 0.265. The monoisotopic (exact) mass is 272 g/mol. The average Bonchev–Trinajstić information content (AvgIpc) is 2.49. The van der Waals surface area contributed by atoms with Gasteiger partial charge in [0.1, 0.15) is 0 Å². The maximum Gasteiger partial charge on any atom is 0.0925 e. The fraction of sp³-hybridized carbons (Fsp3) is 0.556. The second-order valence-electron chi connectivity index (χ2n) is 6.34. The fourth-order valence-corrected chi connectivity index (χ4v) is 4.05. The van der Waals surface area contributed by atoms with Crippen LogP contribution in [0.25, 0.3) is 0 Å². The second-order valence-corrected chi connectivity index (χ2v) is 6.34. The molecule has 2 N–H and O–H groups in total. The topological polar surface area (TPSA) is 40.5 Å². The van der Waals surface area contributed by atoms with Crippen molar-refractivity contribution >= 4 is 0 Å². The highest BCUT2D eigenvalue weighted by Crippen LogP contribution is 2.52. The first-order chi connectivity index (χ1) is 9.71. The van der Waals surface area contributed by atoms with Crippen molar-refractivity contribution in [2.75, 3.05) is 0 Å². The van der Waals surface area contributed by atoms with Gasteiger partial charge in [0.15, 0.2) is 0 Å². The SMILES string of the molecule is OC1=CC=C(C2(C3=CC=C(O)CC3)CCCCC2)CC1. The molecule has 2 heteroatoms. The average molecular weight is 272 g/mol. The predicted octanol–water partition coefficient (Wildman–Crippen LogP) is 5.26. The Labute approximate surface area is 121 Å². The summed E-state index contributed by atoms with van der Waals surface area (Å²) >= 11 is 0. The summed E-state index contributed by atoms with van der Waals surface area (Å²) in [6.07, 6.45) is 18.0. The summed E-state index contributed by atoms with van der Waals surface area (Å²) in [5.74, 6) is 1.02. The van der Waals surface area contributed by atoms with Crippen molar-refractivity contribution < 1.29 is 10.2 Å². The normalized spacial score (nSPS) is 26.2. The van der Waals surface area contributed by atoms with Crippen LogP contribution >= 0.6 is 0 Å². The third-order valence-corrected chi connectivity index (χ3v) is 5.19. The molecule has 3 aliphatic rings. The van der Waals surface area contributed by atoms with Gasteiger partial charge >= 0.3 is 0 Å². The Hall–Kier alpha value is -1.44. The van der Waals surface area contributed by atoms with Crippen molar-refractivity contribution in [2.45, 2.75) is 57.8 Å². The number of allylic oxidation sites excluding steroid dienone is 8. The van der Waals surface area contributed by atoms with Gasteiger partial charge in [-0.2, -0.15) is 0 Å². The van der Waals surface area contributed by atoms with Gasteiger partial charge in [0.25, 0.3) is 0 Å². The number of aliphatic hydroxyl groups excluding tert-OH is 2. The third kappa shape index (κ3) is 2.44. The highest BCUT2D eigenvalue weighted by atomic mass is 16.3. The summed E-state index contributed by atoms with van der Waals surface area (Å²) in [7, 11) is 0. The molecular weight excluding hydrogens is 248 g/mol. The summed E-state index contributed by atoms with van der Waals surface area (Å²) in [4.78, 5) is 0. The van der Waals surface area contributed by atoms with Crippen LogP contribution in [0.4, 0.5) is 0 Å². The lowest BCUT2D eigenvalue weighted by Crippen LogP contribution is -2.30. The zero-order valence-electron chi connectivity index (χ0n) is 12.1. The highest BCUT2D eigenvalue weighted by molar-refractivity contribution is 5.38. The van der Waals surface area contributed by atoms with Gasteiger partial charge in [-0.3, -0.25) is 0 Å². The maximum absolute atomic E-state index is 9.61. The van der Waals surface area contributed by atoms with E-state index in [9.17, 15) is 10.2 Å². The zero-order valence-corrected chi connectivity index (χ0v) is 12.1. The quantitative estimate of drug-likeness (QED) is 0.719. The molecule has 1 saturated carbocycles. The van der Waals surface area contributed by atoms with Crippen LogP contribution in [0.3, 0.4) is 0 Å². The van der Waals surface area contributed by atoms with E-state index < -0.39 is 0 Å². The van der Waals surface area contributed by atoms with Crippen LogP contribution in [0, 0.1) is 5.41 Å². The molecule has 0 unspecified atom stereocenters. The van der Waals surface area contributed by atoms with Gasteiger partial charge in [0.2, 0.25) is 0 Å². The Bertz CT molecular complexity index is 460. The minimum Gasteiger partial charge on any atom is -0.512 e. The summed E-state index contributed by atoms with van der Waals surface area (Å²) < 4.78 is 0. The number of hydrogen-bond donors (Lipinski definition) is 2. The van der Waals surface area contributed by atoms with Crippen LogP contribution in [0.1, 0.15) is 57.8 Å². The summed E-state index contributed by atoms with van der Waals surface area (Å²) in [6, 6.07) is 0. The van der Waals surface area contributed by atoms with E-state index in [-0.39, 0.29) is 5.41 Å². The molecule has 108 valence electrons. The Morgan fingerprint density at radius 2 is 1.15 bits per heavy atom. The Balaban J connectivity index is 1.97. The van der Waals surface area contributed by atoms with Crippen molar-refractivity contribution in [2.24, 2.45) is 5.41 Å². The number of aliphatic hydroxyl groups is 2. The molecule has 0 bridgehead atoms. The van der Waals surface area contributed by atoms with Crippen molar-refractivity contribution in [3.8, 4) is 0 Å². The molecule has 0 heterocycles. The van der Waals surface area contributed by atoms with E-state index in [1.165, 1.54) is 43.3 Å². The van der Waals surface area contributed by atoms with E-state index >= 15 is 0 Å². The van der Waals surface area contributed by atoms with Crippen molar-refractivity contribution in [1.82, 2.24) is 0 Å². The smallest absolute Gasteiger partial charge is 0.0925 e. The van der Waals surface area contributed by atoms with E-state index in [1.807, 2.05) is 12.2 Å². The molecule has 0 radical (unpaired) electrons. The first kappa shape index (κ1) is 13.5. The van der Waals surface area contributed by atoms with Crippen LogP contribution in [0.5, 0.6) is 0 Å². The molecule has 0 spiro atoms. The molecule has 1 fully saturated rings.